The molecule has 0 aliphatic carbocycles. The molecular formula is C11H12BrNO2. The molecular weight excluding hydrogens is 258 g/mol. The van der Waals surface area contributed by atoms with Crippen LogP contribution in [0.1, 0.15) is 5.56 Å². The summed E-state index contributed by atoms with van der Waals surface area (Å²) < 4.78 is 7.05. The second-order valence-corrected chi connectivity index (χ2v) is 3.87. The van der Waals surface area contributed by atoms with Gasteiger partial charge in [-0.1, -0.05) is 28.6 Å². The van der Waals surface area contributed by atoms with Crippen LogP contribution in [0, 0.1) is 5.21 Å². The molecule has 0 bridgehead atoms. The third-order valence-corrected chi connectivity index (χ3v) is 2.14. The summed E-state index contributed by atoms with van der Waals surface area (Å²) in [7, 11) is 1.43. The standard InChI is InChI=1S/C11H12BrNO2/c1-3-6-15-11-5-4-10(12)7-9(11)8-13(2)14/h3-5,7-8H,1,6H2,2H3. The fraction of sp³-hybridized carbons (Fsp3) is 0.182. The van der Waals surface area contributed by atoms with Crippen molar-refractivity contribution in [3.05, 3.63) is 46.1 Å². The summed E-state index contributed by atoms with van der Waals surface area (Å²) in [4.78, 5) is 0. The van der Waals surface area contributed by atoms with E-state index in [2.05, 4.69) is 22.5 Å². The van der Waals surface area contributed by atoms with Crippen LogP contribution < -0.4 is 4.74 Å². The highest BCUT2D eigenvalue weighted by atomic mass is 79.9. The zero-order valence-electron chi connectivity index (χ0n) is 8.44. The smallest absolute Gasteiger partial charge is 0.185 e. The molecule has 80 valence electrons. The van der Waals surface area contributed by atoms with E-state index in [0.717, 1.165) is 14.8 Å². The van der Waals surface area contributed by atoms with Crippen molar-refractivity contribution in [2.45, 2.75) is 0 Å². The van der Waals surface area contributed by atoms with Crippen LogP contribution in [0.3, 0.4) is 0 Å². The molecule has 0 atom stereocenters. The second kappa shape index (κ2) is 5.56. The van der Waals surface area contributed by atoms with E-state index in [1.807, 2.05) is 18.2 Å². The van der Waals surface area contributed by atoms with Crippen LogP contribution in [-0.2, 0) is 0 Å². The first-order chi connectivity index (χ1) is 7.13. The highest BCUT2D eigenvalue weighted by molar-refractivity contribution is 9.10. The van der Waals surface area contributed by atoms with Crippen molar-refractivity contribution < 1.29 is 9.48 Å². The number of ether oxygens (including phenoxy) is 1. The lowest BCUT2D eigenvalue weighted by Gasteiger charge is -2.06. The average molecular weight is 270 g/mol. The number of hydrogen-bond donors (Lipinski definition) is 0. The molecule has 1 rings (SSSR count). The Labute approximate surface area is 97.4 Å². The molecule has 0 spiro atoms. The fourth-order valence-electron chi connectivity index (χ4n) is 1.10. The lowest BCUT2D eigenvalue weighted by atomic mass is 10.2. The number of halogens is 1. The van der Waals surface area contributed by atoms with Crippen LogP contribution in [0.2, 0.25) is 0 Å². The van der Waals surface area contributed by atoms with E-state index < -0.39 is 0 Å². The van der Waals surface area contributed by atoms with Crippen molar-refractivity contribution in [3.63, 3.8) is 0 Å². The molecule has 0 aliphatic rings. The summed E-state index contributed by atoms with van der Waals surface area (Å²) in [6.45, 7) is 3.99. The van der Waals surface area contributed by atoms with Crippen molar-refractivity contribution in [3.8, 4) is 5.75 Å². The molecule has 0 unspecified atom stereocenters. The Hall–Kier alpha value is -1.29. The lowest BCUT2D eigenvalue weighted by molar-refractivity contribution is -0.416. The van der Waals surface area contributed by atoms with Crippen LogP contribution in [0.5, 0.6) is 5.75 Å². The Kier molecular flexibility index (Phi) is 4.37. The van der Waals surface area contributed by atoms with Gasteiger partial charge in [-0.05, 0) is 18.2 Å². The molecule has 15 heavy (non-hydrogen) atoms. The van der Waals surface area contributed by atoms with Gasteiger partial charge in [0.15, 0.2) is 6.21 Å². The van der Waals surface area contributed by atoms with Crippen LogP contribution >= 0.6 is 15.9 Å². The first kappa shape index (κ1) is 11.8. The molecule has 0 aliphatic heterocycles. The van der Waals surface area contributed by atoms with E-state index in [1.54, 1.807) is 6.08 Å². The third kappa shape index (κ3) is 3.75. The number of hydroxylamine groups is 1. The predicted molar refractivity (Wildman–Crippen MR) is 64.6 cm³/mol. The number of benzene rings is 1. The van der Waals surface area contributed by atoms with Gasteiger partial charge in [-0.25, -0.2) is 4.74 Å². The van der Waals surface area contributed by atoms with Gasteiger partial charge in [0.25, 0.3) is 0 Å². The summed E-state index contributed by atoms with van der Waals surface area (Å²) in [5.74, 6) is 0.667. The summed E-state index contributed by atoms with van der Waals surface area (Å²) in [6, 6.07) is 5.50. The number of hydrogen-bond acceptors (Lipinski definition) is 2. The molecule has 0 amide bonds. The van der Waals surface area contributed by atoms with Gasteiger partial charge in [0.2, 0.25) is 0 Å². The van der Waals surface area contributed by atoms with Crippen molar-refractivity contribution >= 4 is 22.1 Å². The van der Waals surface area contributed by atoms with Gasteiger partial charge in [-0.15, -0.1) is 0 Å². The van der Waals surface area contributed by atoms with Gasteiger partial charge < -0.3 is 9.94 Å². The van der Waals surface area contributed by atoms with Gasteiger partial charge in [0, 0.05) is 4.47 Å². The van der Waals surface area contributed by atoms with Crippen LogP contribution in [0.15, 0.2) is 35.3 Å². The molecule has 0 aromatic heterocycles. The zero-order valence-corrected chi connectivity index (χ0v) is 10.0. The Morgan fingerprint density at radius 3 is 2.93 bits per heavy atom. The first-order valence-electron chi connectivity index (χ1n) is 4.41. The van der Waals surface area contributed by atoms with E-state index in [0.29, 0.717) is 12.4 Å². The van der Waals surface area contributed by atoms with Gasteiger partial charge in [0.05, 0.1) is 5.56 Å². The van der Waals surface area contributed by atoms with Crippen molar-refractivity contribution in [2.75, 3.05) is 13.7 Å². The predicted octanol–water partition coefficient (Wildman–Crippen LogP) is 2.57. The van der Waals surface area contributed by atoms with Crippen LogP contribution in [0.25, 0.3) is 0 Å². The third-order valence-electron chi connectivity index (χ3n) is 1.65. The van der Waals surface area contributed by atoms with E-state index in [-0.39, 0.29) is 0 Å². The molecule has 0 saturated heterocycles. The normalized spacial score (nSPS) is 11.2. The molecule has 0 N–H and O–H groups in total. The number of rotatable bonds is 4. The Morgan fingerprint density at radius 2 is 2.33 bits per heavy atom. The highest BCUT2D eigenvalue weighted by Gasteiger charge is 2.04. The maximum absolute atomic E-state index is 10.9. The molecule has 0 saturated carbocycles. The van der Waals surface area contributed by atoms with Gasteiger partial charge in [-0.3, -0.25) is 0 Å². The molecule has 1 aromatic rings. The van der Waals surface area contributed by atoms with E-state index in [1.165, 1.54) is 13.3 Å². The molecule has 0 heterocycles. The minimum Gasteiger partial charge on any atom is -0.624 e. The quantitative estimate of drug-likeness (QED) is 0.277. The molecule has 4 heteroatoms. The van der Waals surface area contributed by atoms with Crippen LogP contribution in [-0.4, -0.2) is 24.6 Å². The summed E-state index contributed by atoms with van der Waals surface area (Å²) in [5, 5.41) is 10.9. The first-order valence-corrected chi connectivity index (χ1v) is 5.21. The average Bonchev–Trinajstić information content (AvgIpc) is 2.16. The van der Waals surface area contributed by atoms with Crippen LogP contribution in [0.4, 0.5) is 0 Å². The summed E-state index contributed by atoms with van der Waals surface area (Å²) in [5.41, 5.74) is 0.740. The largest absolute Gasteiger partial charge is 0.624 e. The summed E-state index contributed by atoms with van der Waals surface area (Å²) in [6.07, 6.45) is 3.12. The molecule has 1 aromatic carbocycles. The minimum absolute atomic E-state index is 0.422. The van der Waals surface area contributed by atoms with Crippen molar-refractivity contribution in [1.29, 1.82) is 0 Å². The second-order valence-electron chi connectivity index (χ2n) is 2.96. The summed E-state index contributed by atoms with van der Waals surface area (Å²) >= 11 is 3.34. The number of nitrogens with zero attached hydrogens (tertiary/aromatic N) is 1. The zero-order chi connectivity index (χ0) is 11.3. The maximum atomic E-state index is 10.9. The Bertz CT molecular complexity index is 384. The van der Waals surface area contributed by atoms with Gasteiger partial charge in [-0.2, -0.15) is 0 Å². The maximum Gasteiger partial charge on any atom is 0.185 e. The SMILES string of the molecule is C=CCOc1ccc(Br)cc1C=[N+](C)[O-]. The molecule has 3 nitrogen and oxygen atoms in total. The van der Waals surface area contributed by atoms with Crippen molar-refractivity contribution in [1.82, 2.24) is 0 Å². The lowest BCUT2D eigenvalue weighted by Crippen LogP contribution is -2.02. The molecule has 0 radical (unpaired) electrons. The van der Waals surface area contributed by atoms with Gasteiger partial charge >= 0.3 is 0 Å². The highest BCUT2D eigenvalue weighted by Crippen LogP contribution is 2.21. The van der Waals surface area contributed by atoms with E-state index in [9.17, 15) is 5.21 Å². The van der Waals surface area contributed by atoms with E-state index >= 15 is 0 Å². The van der Waals surface area contributed by atoms with Crippen molar-refractivity contribution in [2.24, 2.45) is 0 Å². The Morgan fingerprint density at radius 1 is 1.60 bits per heavy atom. The van der Waals surface area contributed by atoms with E-state index in [4.69, 9.17) is 4.74 Å². The topological polar surface area (TPSA) is 35.3 Å². The molecule has 0 fully saturated rings. The fourth-order valence-corrected chi connectivity index (χ4v) is 1.48. The monoisotopic (exact) mass is 269 g/mol. The van der Waals surface area contributed by atoms with Gasteiger partial charge in [0.1, 0.15) is 19.4 Å². The Balaban J connectivity index is 3.02. The minimum atomic E-state index is 0.422.